The van der Waals surface area contributed by atoms with Gasteiger partial charge in [-0.15, -0.1) is 0 Å². The molecule has 0 unspecified atom stereocenters. The lowest BCUT2D eigenvalue weighted by atomic mass is 10.1. The number of hydrogen-bond donors (Lipinski definition) is 3. The van der Waals surface area contributed by atoms with E-state index in [2.05, 4.69) is 16.0 Å². The third-order valence-electron chi connectivity index (χ3n) is 5.67. The van der Waals surface area contributed by atoms with Crippen LogP contribution in [0.2, 0.25) is 0 Å². The summed E-state index contributed by atoms with van der Waals surface area (Å²) in [6.45, 7) is 5.52. The van der Waals surface area contributed by atoms with Crippen LogP contribution in [0.4, 0.5) is 16.2 Å². The average Bonchev–Trinajstić information content (AvgIpc) is 3.11. The van der Waals surface area contributed by atoms with E-state index in [0.717, 1.165) is 16.5 Å². The first-order valence-corrected chi connectivity index (χ1v) is 12.6. The molecule has 0 saturated heterocycles. The Labute approximate surface area is 230 Å². The summed E-state index contributed by atoms with van der Waals surface area (Å²) >= 11 is 0. The quantitative estimate of drug-likeness (QED) is 0.216. The van der Waals surface area contributed by atoms with Crippen LogP contribution in [-0.4, -0.2) is 58.2 Å². The van der Waals surface area contributed by atoms with Crippen molar-refractivity contribution in [2.45, 2.75) is 52.2 Å². The molecule has 5 amide bonds. The van der Waals surface area contributed by atoms with Crippen molar-refractivity contribution >= 4 is 41.1 Å². The van der Waals surface area contributed by atoms with Crippen molar-refractivity contribution in [1.82, 2.24) is 15.5 Å². The number of nitro benzene ring substituents is 1. The molecule has 0 fully saturated rings. The first kappa shape index (κ1) is 29.7. The number of ether oxygens (including phenoxy) is 1. The Morgan fingerprint density at radius 1 is 0.950 bits per heavy atom. The molecule has 1 heterocycles. The monoisotopic (exact) mass is 553 g/mol. The van der Waals surface area contributed by atoms with Gasteiger partial charge in [-0.1, -0.05) is 12.1 Å². The zero-order chi connectivity index (χ0) is 29.4. The molecule has 0 aromatic heterocycles. The molecule has 1 aliphatic rings. The fourth-order valence-electron chi connectivity index (χ4n) is 3.86. The number of hydrogen-bond acceptors (Lipinski definition) is 8. The largest absolute Gasteiger partial charge is 0.444 e. The molecule has 0 saturated carbocycles. The molecule has 0 spiro atoms. The highest BCUT2D eigenvalue weighted by atomic mass is 16.6. The Hall–Kier alpha value is -4.81. The predicted molar refractivity (Wildman–Crippen MR) is 143 cm³/mol. The number of carbonyl (C=O) groups excluding carboxylic acids is 5. The molecule has 40 heavy (non-hydrogen) atoms. The van der Waals surface area contributed by atoms with E-state index in [9.17, 15) is 34.1 Å². The molecule has 13 heteroatoms. The molecule has 0 atom stereocenters. The van der Waals surface area contributed by atoms with Crippen LogP contribution in [-0.2, 0) is 20.9 Å². The number of nitro groups is 1. The van der Waals surface area contributed by atoms with Crippen LogP contribution >= 0.6 is 0 Å². The number of non-ortho nitro benzene ring substituents is 1. The lowest BCUT2D eigenvalue weighted by Gasteiger charge is -2.19. The summed E-state index contributed by atoms with van der Waals surface area (Å²) < 4.78 is 5.11. The zero-order valence-electron chi connectivity index (χ0n) is 22.4. The molecule has 0 aliphatic carbocycles. The maximum atomic E-state index is 12.5. The van der Waals surface area contributed by atoms with Gasteiger partial charge in [-0.25, -0.2) is 4.79 Å². The van der Waals surface area contributed by atoms with Gasteiger partial charge < -0.3 is 20.7 Å². The third kappa shape index (κ3) is 8.35. The normalized spacial score (nSPS) is 12.5. The van der Waals surface area contributed by atoms with Gasteiger partial charge >= 0.3 is 6.09 Å². The highest BCUT2D eigenvalue weighted by Gasteiger charge is 2.36. The highest BCUT2D eigenvalue weighted by Crippen LogP contribution is 2.27. The number of anilines is 1. The van der Waals surface area contributed by atoms with Gasteiger partial charge in [0.25, 0.3) is 17.5 Å². The van der Waals surface area contributed by atoms with Gasteiger partial charge in [0.05, 0.1) is 16.1 Å². The summed E-state index contributed by atoms with van der Waals surface area (Å²) in [4.78, 5) is 72.5. The van der Waals surface area contributed by atoms with Crippen LogP contribution in [0.1, 0.15) is 66.3 Å². The van der Waals surface area contributed by atoms with Gasteiger partial charge in [-0.2, -0.15) is 0 Å². The van der Waals surface area contributed by atoms with Gasteiger partial charge in [-0.3, -0.25) is 34.2 Å². The number of fused-ring (bicyclic) bond motifs is 1. The van der Waals surface area contributed by atoms with E-state index in [4.69, 9.17) is 4.74 Å². The van der Waals surface area contributed by atoms with Gasteiger partial charge in [0, 0.05) is 50.3 Å². The van der Waals surface area contributed by atoms with Gasteiger partial charge in [0.1, 0.15) is 5.60 Å². The number of rotatable bonds is 11. The Balaban J connectivity index is 1.40. The Bertz CT molecular complexity index is 1330. The Morgan fingerprint density at radius 2 is 1.68 bits per heavy atom. The molecule has 3 N–H and O–H groups in total. The molecule has 3 rings (SSSR count). The first-order chi connectivity index (χ1) is 18.8. The molecular weight excluding hydrogens is 522 g/mol. The molecule has 0 radical (unpaired) electrons. The molecular formula is C27H31N5O8. The summed E-state index contributed by atoms with van der Waals surface area (Å²) in [5.41, 5.74) is 0.439. The van der Waals surface area contributed by atoms with E-state index in [1.165, 1.54) is 12.1 Å². The van der Waals surface area contributed by atoms with Crippen LogP contribution in [0.5, 0.6) is 0 Å². The van der Waals surface area contributed by atoms with Crippen LogP contribution in [0, 0.1) is 10.1 Å². The second-order valence-electron chi connectivity index (χ2n) is 10.1. The van der Waals surface area contributed by atoms with Crippen LogP contribution < -0.4 is 16.0 Å². The topological polar surface area (TPSA) is 177 Å². The zero-order valence-corrected chi connectivity index (χ0v) is 22.4. The fourth-order valence-corrected chi connectivity index (χ4v) is 3.86. The van der Waals surface area contributed by atoms with E-state index < -0.39 is 28.4 Å². The van der Waals surface area contributed by atoms with Crippen LogP contribution in [0.25, 0.3) is 0 Å². The van der Waals surface area contributed by atoms with E-state index in [1.54, 1.807) is 45.0 Å². The molecule has 2 aromatic carbocycles. The summed E-state index contributed by atoms with van der Waals surface area (Å²) in [6.07, 6.45) is -0.292. The van der Waals surface area contributed by atoms with Crippen LogP contribution in [0.15, 0.2) is 42.5 Å². The number of imide groups is 1. The summed E-state index contributed by atoms with van der Waals surface area (Å²) in [7, 11) is 0. The minimum atomic E-state index is -0.638. The standard InChI is InChI=1S/C27H31N5O8/c1-27(2,3)40-26(37)28-12-11-23(34)30-18-7-4-6-17(14-18)16-29-22(33)8-5-13-31-24(35)20-10-9-19(32(38)39)15-21(20)25(31)36/h4,6-7,9-10,14-15H,5,8,11-13,16H2,1-3H3,(H,28,37)(H,29,33)(H,30,34). The van der Waals surface area contributed by atoms with Crippen molar-refractivity contribution in [3.63, 3.8) is 0 Å². The molecule has 1 aliphatic heterocycles. The fraction of sp³-hybridized carbons (Fsp3) is 0.370. The molecule has 13 nitrogen and oxygen atoms in total. The lowest BCUT2D eigenvalue weighted by molar-refractivity contribution is -0.384. The lowest BCUT2D eigenvalue weighted by Crippen LogP contribution is -2.34. The second-order valence-corrected chi connectivity index (χ2v) is 10.1. The number of amides is 5. The Morgan fingerprint density at radius 3 is 2.38 bits per heavy atom. The van der Waals surface area contributed by atoms with Crippen molar-refractivity contribution < 1.29 is 33.6 Å². The maximum absolute atomic E-state index is 12.5. The average molecular weight is 554 g/mol. The third-order valence-corrected chi connectivity index (χ3v) is 5.67. The van der Waals surface area contributed by atoms with E-state index >= 15 is 0 Å². The SMILES string of the molecule is CC(C)(C)OC(=O)NCCC(=O)Nc1cccc(CNC(=O)CCCN2C(=O)c3ccc([N+](=O)[O-])cc3C2=O)c1. The van der Waals surface area contributed by atoms with Crippen molar-refractivity contribution in [1.29, 1.82) is 0 Å². The van der Waals surface area contributed by atoms with Crippen LogP contribution in [0.3, 0.4) is 0 Å². The van der Waals surface area contributed by atoms with Crippen molar-refractivity contribution in [3.8, 4) is 0 Å². The van der Waals surface area contributed by atoms with Crippen molar-refractivity contribution in [2.75, 3.05) is 18.4 Å². The number of alkyl carbamates (subject to hydrolysis) is 1. The molecule has 0 bridgehead atoms. The van der Waals surface area contributed by atoms with Gasteiger partial charge in [-0.05, 0) is 51.0 Å². The summed E-state index contributed by atoms with van der Waals surface area (Å²) in [5.74, 6) is -1.77. The van der Waals surface area contributed by atoms with E-state index in [0.29, 0.717) is 5.69 Å². The van der Waals surface area contributed by atoms with Crippen molar-refractivity contribution in [2.24, 2.45) is 0 Å². The minimum absolute atomic E-state index is 0.00212. The number of carbonyl (C=O) groups is 5. The molecule has 212 valence electrons. The number of nitrogens with zero attached hydrogens (tertiary/aromatic N) is 2. The predicted octanol–water partition coefficient (Wildman–Crippen LogP) is 3.14. The Kier molecular flexibility index (Phi) is 9.54. The van der Waals surface area contributed by atoms with Gasteiger partial charge in [0.15, 0.2) is 0 Å². The van der Waals surface area contributed by atoms with Crippen molar-refractivity contribution in [3.05, 3.63) is 69.3 Å². The highest BCUT2D eigenvalue weighted by molar-refractivity contribution is 6.21. The second kappa shape index (κ2) is 12.8. The molecule has 2 aromatic rings. The van der Waals surface area contributed by atoms with E-state index in [1.807, 2.05) is 0 Å². The smallest absolute Gasteiger partial charge is 0.407 e. The number of benzene rings is 2. The van der Waals surface area contributed by atoms with E-state index in [-0.39, 0.29) is 67.5 Å². The summed E-state index contributed by atoms with van der Waals surface area (Å²) in [6, 6.07) is 10.4. The summed E-state index contributed by atoms with van der Waals surface area (Å²) in [5, 5.41) is 19.0. The maximum Gasteiger partial charge on any atom is 0.407 e. The minimum Gasteiger partial charge on any atom is -0.444 e. The van der Waals surface area contributed by atoms with Gasteiger partial charge in [0.2, 0.25) is 11.8 Å². The first-order valence-electron chi connectivity index (χ1n) is 12.6. The number of nitrogens with one attached hydrogen (secondary N) is 3.